The number of rotatable bonds is 7. The molecule has 0 spiro atoms. The molecule has 0 radical (unpaired) electrons. The minimum absolute atomic E-state index is 0.743. The molecule has 0 aromatic heterocycles. The average Bonchev–Trinajstić information content (AvgIpc) is 2.31. The largest absolute Gasteiger partial charge is 0.394 e. The van der Waals surface area contributed by atoms with E-state index in [1.165, 1.54) is 5.56 Å². The van der Waals surface area contributed by atoms with Gasteiger partial charge in [0.25, 0.3) is 0 Å². The lowest BCUT2D eigenvalue weighted by molar-refractivity contribution is 0.183. The Balaban J connectivity index is 2.76. The van der Waals surface area contributed by atoms with Crippen LogP contribution in [0.2, 0.25) is 6.04 Å². The van der Waals surface area contributed by atoms with Crippen molar-refractivity contribution in [2.24, 2.45) is 0 Å². The highest BCUT2D eigenvalue weighted by atomic mass is 28.4. The van der Waals surface area contributed by atoms with E-state index in [-0.39, 0.29) is 0 Å². The molecule has 3 heteroatoms. The number of benzene rings is 1. The molecule has 90 valence electrons. The lowest BCUT2D eigenvalue weighted by atomic mass is 10.2. The number of hydrogen-bond donors (Lipinski definition) is 0. The van der Waals surface area contributed by atoms with Crippen molar-refractivity contribution in [3.63, 3.8) is 0 Å². The topological polar surface area (TPSA) is 18.5 Å². The van der Waals surface area contributed by atoms with Crippen molar-refractivity contribution in [1.82, 2.24) is 0 Å². The van der Waals surface area contributed by atoms with Crippen LogP contribution < -0.4 is 0 Å². The van der Waals surface area contributed by atoms with Crippen LogP contribution >= 0.6 is 0 Å². The Morgan fingerprint density at radius 1 is 0.938 bits per heavy atom. The van der Waals surface area contributed by atoms with Crippen LogP contribution in [-0.2, 0) is 14.9 Å². The van der Waals surface area contributed by atoms with Crippen LogP contribution in [0.25, 0.3) is 0 Å². The van der Waals surface area contributed by atoms with Crippen LogP contribution in [0.3, 0.4) is 0 Å². The molecule has 0 N–H and O–H groups in total. The zero-order valence-corrected chi connectivity index (χ0v) is 11.5. The summed E-state index contributed by atoms with van der Waals surface area (Å²) in [6.07, 6.45) is 0. The van der Waals surface area contributed by atoms with E-state index in [2.05, 4.69) is 31.2 Å². The van der Waals surface area contributed by atoms with E-state index in [4.69, 9.17) is 8.85 Å². The Hall–Kier alpha value is -0.643. The molecule has 0 unspecified atom stereocenters. The molecule has 0 saturated heterocycles. The van der Waals surface area contributed by atoms with Crippen LogP contribution in [0.5, 0.6) is 0 Å². The average molecular weight is 238 g/mol. The van der Waals surface area contributed by atoms with Gasteiger partial charge >= 0.3 is 8.56 Å². The van der Waals surface area contributed by atoms with Crippen molar-refractivity contribution in [2.75, 3.05) is 13.2 Å². The van der Waals surface area contributed by atoms with Crippen LogP contribution in [0.1, 0.15) is 26.3 Å². The first-order valence-electron chi connectivity index (χ1n) is 6.08. The van der Waals surface area contributed by atoms with E-state index in [9.17, 15) is 0 Å². The molecular formula is C13H22O2Si. The zero-order valence-electron chi connectivity index (χ0n) is 10.5. The fourth-order valence-electron chi connectivity index (χ4n) is 1.91. The zero-order chi connectivity index (χ0) is 11.9. The molecule has 0 fully saturated rings. The molecule has 1 aromatic carbocycles. The van der Waals surface area contributed by atoms with Crippen LogP contribution in [0, 0.1) is 0 Å². The maximum atomic E-state index is 5.94. The third kappa shape index (κ3) is 3.74. The van der Waals surface area contributed by atoms with Crippen LogP contribution in [-0.4, -0.2) is 21.8 Å². The molecule has 0 bridgehead atoms. The highest BCUT2D eigenvalue weighted by Gasteiger charge is 2.35. The van der Waals surface area contributed by atoms with E-state index in [0.29, 0.717) is 0 Å². The smallest absolute Gasteiger partial charge is 0.342 e. The SMILES string of the molecule is CCO[Si](CC)(Cc1ccccc1)OCC. The van der Waals surface area contributed by atoms with Gasteiger partial charge in [0.05, 0.1) is 0 Å². The molecule has 0 heterocycles. The van der Waals surface area contributed by atoms with Gasteiger partial charge in [-0.1, -0.05) is 37.3 Å². The van der Waals surface area contributed by atoms with Gasteiger partial charge in [0.15, 0.2) is 0 Å². The molecule has 0 aliphatic carbocycles. The Morgan fingerprint density at radius 3 is 1.94 bits per heavy atom. The molecule has 16 heavy (non-hydrogen) atoms. The molecule has 0 amide bonds. The molecule has 2 nitrogen and oxygen atoms in total. The van der Waals surface area contributed by atoms with E-state index in [1.54, 1.807) is 0 Å². The minimum Gasteiger partial charge on any atom is -0.394 e. The minimum atomic E-state index is -2.01. The Kier molecular flexibility index (Phi) is 5.73. The Morgan fingerprint density at radius 2 is 1.50 bits per heavy atom. The predicted molar refractivity (Wildman–Crippen MR) is 69.6 cm³/mol. The maximum Gasteiger partial charge on any atom is 0.342 e. The number of hydrogen-bond acceptors (Lipinski definition) is 2. The van der Waals surface area contributed by atoms with Gasteiger partial charge < -0.3 is 8.85 Å². The molecule has 0 aliphatic rings. The second kappa shape index (κ2) is 6.84. The lowest BCUT2D eigenvalue weighted by Gasteiger charge is -2.29. The molecule has 1 aromatic rings. The summed E-state index contributed by atoms with van der Waals surface area (Å²) in [4.78, 5) is 0. The summed E-state index contributed by atoms with van der Waals surface area (Å²) >= 11 is 0. The summed E-state index contributed by atoms with van der Waals surface area (Å²) in [5.41, 5.74) is 1.32. The highest BCUT2D eigenvalue weighted by Crippen LogP contribution is 2.19. The van der Waals surface area contributed by atoms with Gasteiger partial charge in [0.1, 0.15) is 0 Å². The third-order valence-electron chi connectivity index (χ3n) is 2.67. The van der Waals surface area contributed by atoms with Gasteiger partial charge in [-0.25, -0.2) is 0 Å². The van der Waals surface area contributed by atoms with E-state index in [1.807, 2.05) is 19.9 Å². The van der Waals surface area contributed by atoms with Crippen LogP contribution in [0.15, 0.2) is 30.3 Å². The summed E-state index contributed by atoms with van der Waals surface area (Å²) in [6, 6.07) is 12.4. The third-order valence-corrected chi connectivity index (χ3v) is 6.32. The summed E-state index contributed by atoms with van der Waals surface area (Å²) in [5.74, 6) is 0. The highest BCUT2D eigenvalue weighted by molar-refractivity contribution is 6.66. The van der Waals surface area contributed by atoms with Gasteiger partial charge in [0, 0.05) is 19.3 Å². The first-order chi connectivity index (χ1) is 7.76. The van der Waals surface area contributed by atoms with Crippen molar-refractivity contribution in [3.05, 3.63) is 35.9 Å². The van der Waals surface area contributed by atoms with Crippen molar-refractivity contribution < 1.29 is 8.85 Å². The maximum absolute atomic E-state index is 5.94. The molecule has 0 saturated carbocycles. The van der Waals surface area contributed by atoms with Gasteiger partial charge in [-0.05, 0) is 25.5 Å². The second-order valence-electron chi connectivity index (χ2n) is 3.79. The predicted octanol–water partition coefficient (Wildman–Crippen LogP) is 3.30. The van der Waals surface area contributed by atoms with Gasteiger partial charge in [-0.2, -0.15) is 0 Å². The molecular weight excluding hydrogens is 216 g/mol. The fraction of sp³-hybridized carbons (Fsp3) is 0.538. The molecule has 0 aliphatic heterocycles. The van der Waals surface area contributed by atoms with Crippen molar-refractivity contribution in [2.45, 2.75) is 32.9 Å². The first-order valence-corrected chi connectivity index (χ1v) is 8.31. The Labute approximate surface area is 99.8 Å². The van der Waals surface area contributed by atoms with Gasteiger partial charge in [0.2, 0.25) is 0 Å². The van der Waals surface area contributed by atoms with Gasteiger partial charge in [-0.15, -0.1) is 0 Å². The van der Waals surface area contributed by atoms with Crippen LogP contribution in [0.4, 0.5) is 0 Å². The summed E-state index contributed by atoms with van der Waals surface area (Å²) in [7, 11) is -2.01. The quantitative estimate of drug-likeness (QED) is 0.679. The van der Waals surface area contributed by atoms with E-state index >= 15 is 0 Å². The first kappa shape index (κ1) is 13.4. The van der Waals surface area contributed by atoms with Gasteiger partial charge in [-0.3, -0.25) is 0 Å². The monoisotopic (exact) mass is 238 g/mol. The summed E-state index contributed by atoms with van der Waals surface area (Å²) < 4.78 is 11.9. The van der Waals surface area contributed by atoms with E-state index in [0.717, 1.165) is 25.3 Å². The standard InChI is InChI=1S/C13H22O2Si/c1-4-14-16(6-3,15-5-2)12-13-10-8-7-9-11-13/h7-11H,4-6,12H2,1-3H3. The summed E-state index contributed by atoms with van der Waals surface area (Å²) in [5, 5.41) is 0. The molecule has 1 rings (SSSR count). The Bertz CT molecular complexity index is 281. The normalized spacial score (nSPS) is 11.7. The molecule has 0 atom stereocenters. The fourth-order valence-corrected chi connectivity index (χ4v) is 4.76. The van der Waals surface area contributed by atoms with E-state index < -0.39 is 8.56 Å². The second-order valence-corrected chi connectivity index (χ2v) is 7.25. The lowest BCUT2D eigenvalue weighted by Crippen LogP contribution is -2.44. The van der Waals surface area contributed by atoms with Crippen molar-refractivity contribution in [3.8, 4) is 0 Å². The summed E-state index contributed by atoms with van der Waals surface area (Å²) in [6.45, 7) is 7.74. The van der Waals surface area contributed by atoms with Crippen molar-refractivity contribution >= 4 is 8.56 Å². The van der Waals surface area contributed by atoms with Crippen molar-refractivity contribution in [1.29, 1.82) is 0 Å².